The molecule has 2 atom stereocenters. The largest absolute Gasteiger partial charge is 0.455 e. The van der Waals surface area contributed by atoms with Crippen LogP contribution in [0.5, 0.6) is 0 Å². The predicted molar refractivity (Wildman–Crippen MR) is 92.7 cm³/mol. The Morgan fingerprint density at radius 1 is 1.08 bits per heavy atom. The summed E-state index contributed by atoms with van der Waals surface area (Å²) >= 11 is 0. The minimum Gasteiger partial charge on any atom is -0.455 e. The Bertz CT molecular complexity index is 612. The van der Waals surface area contributed by atoms with Crippen molar-refractivity contribution in [2.45, 2.75) is 38.5 Å². The van der Waals surface area contributed by atoms with E-state index in [1.165, 1.54) is 0 Å². The minimum absolute atomic E-state index is 0.0183. The number of hydrogen-bond acceptors (Lipinski definition) is 4. The van der Waals surface area contributed by atoms with Crippen molar-refractivity contribution in [1.29, 1.82) is 0 Å². The molecule has 1 N–H and O–H groups in total. The minimum atomic E-state index is -0.331. The van der Waals surface area contributed by atoms with Crippen molar-refractivity contribution < 1.29 is 19.1 Å². The second-order valence-electron chi connectivity index (χ2n) is 7.09. The van der Waals surface area contributed by atoms with Gasteiger partial charge in [0.2, 0.25) is 0 Å². The van der Waals surface area contributed by atoms with E-state index >= 15 is 0 Å². The van der Waals surface area contributed by atoms with Crippen LogP contribution in [-0.4, -0.2) is 30.8 Å². The molecule has 0 saturated heterocycles. The number of fused-ring (bicyclic) bond motifs is 2. The highest BCUT2D eigenvalue weighted by atomic mass is 16.5. The van der Waals surface area contributed by atoms with Crippen molar-refractivity contribution in [1.82, 2.24) is 5.32 Å². The summed E-state index contributed by atoms with van der Waals surface area (Å²) in [7, 11) is 0. The Hall–Kier alpha value is -2.17. The molecule has 0 spiro atoms. The van der Waals surface area contributed by atoms with Crippen molar-refractivity contribution in [2.24, 2.45) is 17.8 Å². The van der Waals surface area contributed by atoms with Crippen molar-refractivity contribution in [3.63, 3.8) is 0 Å². The van der Waals surface area contributed by atoms with Crippen LogP contribution >= 0.6 is 0 Å². The molecule has 134 valence electrons. The smallest absolute Gasteiger partial charge is 0.309 e. The molecule has 2 aliphatic carbocycles. The Kier molecular flexibility index (Phi) is 5.84. The quantitative estimate of drug-likeness (QED) is 0.805. The molecule has 1 aromatic carbocycles. The number of rotatable bonds is 6. The van der Waals surface area contributed by atoms with Gasteiger partial charge in [-0.25, -0.2) is 0 Å². The fraction of sp³-hybridized carbons (Fsp3) is 0.550. The number of amides is 1. The highest BCUT2D eigenvalue weighted by Gasteiger charge is 2.41. The van der Waals surface area contributed by atoms with Crippen molar-refractivity contribution in [3.05, 3.63) is 35.9 Å². The molecule has 2 aliphatic rings. The van der Waals surface area contributed by atoms with Crippen LogP contribution in [-0.2, 0) is 25.5 Å². The second kappa shape index (κ2) is 8.28. The Labute approximate surface area is 148 Å². The summed E-state index contributed by atoms with van der Waals surface area (Å²) in [5.74, 6) is -0.479. The van der Waals surface area contributed by atoms with E-state index < -0.39 is 0 Å². The fourth-order valence-electron chi connectivity index (χ4n) is 3.97. The first kappa shape index (κ1) is 17.6. The molecular weight excluding hydrogens is 318 g/mol. The maximum absolute atomic E-state index is 12.2. The molecule has 0 heterocycles. The topological polar surface area (TPSA) is 72.5 Å². The van der Waals surface area contributed by atoms with Gasteiger partial charge < -0.3 is 10.1 Å². The average Bonchev–Trinajstić information content (AvgIpc) is 2.60. The zero-order valence-electron chi connectivity index (χ0n) is 14.4. The number of Topliss-reactive ketones (excluding diaryl/α,β-unsaturated/α-hetero) is 1. The predicted octanol–water partition coefficient (Wildman–Crippen LogP) is 2.28. The van der Waals surface area contributed by atoms with Gasteiger partial charge in [-0.2, -0.15) is 0 Å². The number of nitrogens with one attached hydrogen (secondary N) is 1. The first-order chi connectivity index (χ1) is 12.1. The Morgan fingerprint density at radius 2 is 1.76 bits per heavy atom. The van der Waals surface area contributed by atoms with Crippen LogP contribution in [0.2, 0.25) is 0 Å². The lowest BCUT2D eigenvalue weighted by Crippen LogP contribution is -2.40. The van der Waals surface area contributed by atoms with Gasteiger partial charge in [0.05, 0.1) is 5.92 Å². The third-order valence-corrected chi connectivity index (χ3v) is 5.31. The van der Waals surface area contributed by atoms with Crippen LogP contribution in [0, 0.1) is 17.8 Å². The van der Waals surface area contributed by atoms with Crippen LogP contribution in [0.3, 0.4) is 0 Å². The van der Waals surface area contributed by atoms with E-state index in [1.807, 2.05) is 30.3 Å². The van der Waals surface area contributed by atoms with Gasteiger partial charge in [0.15, 0.2) is 6.61 Å². The van der Waals surface area contributed by atoms with E-state index in [0.717, 1.165) is 31.2 Å². The lowest BCUT2D eigenvalue weighted by molar-refractivity contribution is -0.156. The van der Waals surface area contributed by atoms with E-state index in [-0.39, 0.29) is 36.2 Å². The summed E-state index contributed by atoms with van der Waals surface area (Å²) in [4.78, 5) is 36.1. The standard InChI is InChI=1S/C20H25NO4/c22-18(21-10-9-14-5-2-1-3-6-14)13-25-20(24)17-11-15-7-4-8-16(12-17)19(15)23/h1-3,5-6,15-17H,4,7-13H2,(H,21,22)/t15-,16-/m1/s1. The van der Waals surface area contributed by atoms with Gasteiger partial charge >= 0.3 is 5.97 Å². The molecule has 2 saturated carbocycles. The zero-order chi connectivity index (χ0) is 17.6. The highest BCUT2D eigenvalue weighted by molar-refractivity contribution is 5.87. The molecule has 1 aromatic rings. The molecule has 3 rings (SSSR count). The van der Waals surface area contributed by atoms with Crippen LogP contribution < -0.4 is 5.32 Å². The molecule has 0 aliphatic heterocycles. The van der Waals surface area contributed by atoms with Crippen LogP contribution in [0.4, 0.5) is 0 Å². The molecular formula is C20H25NO4. The summed E-state index contributed by atoms with van der Waals surface area (Å²) in [6.45, 7) is 0.274. The van der Waals surface area contributed by atoms with Gasteiger partial charge in [-0.05, 0) is 37.7 Å². The number of carbonyl (C=O) groups is 3. The zero-order valence-corrected chi connectivity index (χ0v) is 14.4. The van der Waals surface area contributed by atoms with E-state index in [9.17, 15) is 14.4 Å². The van der Waals surface area contributed by atoms with Gasteiger partial charge in [-0.3, -0.25) is 14.4 Å². The van der Waals surface area contributed by atoms with E-state index in [1.54, 1.807) is 0 Å². The number of ketones is 1. The second-order valence-corrected chi connectivity index (χ2v) is 7.09. The number of esters is 1. The maximum Gasteiger partial charge on any atom is 0.309 e. The number of benzene rings is 1. The van der Waals surface area contributed by atoms with Crippen molar-refractivity contribution >= 4 is 17.7 Å². The molecule has 0 aromatic heterocycles. The van der Waals surface area contributed by atoms with E-state index in [0.29, 0.717) is 25.2 Å². The average molecular weight is 343 g/mol. The summed E-state index contributed by atoms with van der Waals surface area (Å²) in [5, 5.41) is 2.77. The molecule has 0 unspecified atom stereocenters. The third kappa shape index (κ3) is 4.68. The van der Waals surface area contributed by atoms with Gasteiger partial charge in [-0.15, -0.1) is 0 Å². The first-order valence-electron chi connectivity index (χ1n) is 9.14. The van der Waals surface area contributed by atoms with Crippen molar-refractivity contribution in [2.75, 3.05) is 13.2 Å². The molecule has 5 heteroatoms. The molecule has 25 heavy (non-hydrogen) atoms. The SMILES string of the molecule is O=C(COC(=O)C1C[C@H]2CCC[C@H](C1)C2=O)NCCc1ccccc1. The summed E-state index contributed by atoms with van der Waals surface area (Å²) < 4.78 is 5.18. The van der Waals surface area contributed by atoms with Crippen LogP contribution in [0.25, 0.3) is 0 Å². The summed E-state index contributed by atoms with van der Waals surface area (Å²) in [5.41, 5.74) is 1.15. The number of ether oxygens (including phenoxy) is 1. The van der Waals surface area contributed by atoms with E-state index in [2.05, 4.69) is 5.32 Å². The Morgan fingerprint density at radius 3 is 2.44 bits per heavy atom. The lowest BCUT2D eigenvalue weighted by atomic mass is 9.67. The van der Waals surface area contributed by atoms with E-state index in [4.69, 9.17) is 4.74 Å². The summed E-state index contributed by atoms with van der Waals surface area (Å²) in [6.07, 6.45) is 4.77. The van der Waals surface area contributed by atoms with Crippen LogP contribution in [0.1, 0.15) is 37.7 Å². The highest BCUT2D eigenvalue weighted by Crippen LogP contribution is 2.40. The van der Waals surface area contributed by atoms with Gasteiger partial charge in [0.25, 0.3) is 5.91 Å². The Balaban J connectivity index is 1.37. The summed E-state index contributed by atoms with van der Waals surface area (Å²) in [6, 6.07) is 9.89. The monoisotopic (exact) mass is 343 g/mol. The third-order valence-electron chi connectivity index (χ3n) is 5.31. The molecule has 2 bridgehead atoms. The van der Waals surface area contributed by atoms with Gasteiger partial charge in [0, 0.05) is 18.4 Å². The molecule has 5 nitrogen and oxygen atoms in total. The molecule has 2 fully saturated rings. The lowest BCUT2D eigenvalue weighted by Gasteiger charge is -2.36. The van der Waals surface area contributed by atoms with Crippen LogP contribution in [0.15, 0.2) is 30.3 Å². The van der Waals surface area contributed by atoms with Gasteiger partial charge in [-0.1, -0.05) is 36.8 Å². The van der Waals surface area contributed by atoms with Gasteiger partial charge in [0.1, 0.15) is 5.78 Å². The molecule has 1 amide bonds. The van der Waals surface area contributed by atoms with Crippen molar-refractivity contribution in [3.8, 4) is 0 Å². The number of carbonyl (C=O) groups excluding carboxylic acids is 3. The normalized spacial score (nSPS) is 25.3. The maximum atomic E-state index is 12.2. The fourth-order valence-corrected chi connectivity index (χ4v) is 3.97. The first-order valence-corrected chi connectivity index (χ1v) is 9.14. The molecule has 0 radical (unpaired) electrons. The number of hydrogen-bond donors (Lipinski definition) is 1.